The molecule has 0 radical (unpaired) electrons. The highest BCUT2D eigenvalue weighted by Crippen LogP contribution is 2.43. The van der Waals surface area contributed by atoms with Gasteiger partial charge in [-0.15, -0.1) is 0 Å². The zero-order valence-corrected chi connectivity index (χ0v) is 23.5. The number of aryl methyl sites for hydroxylation is 3. The van der Waals surface area contributed by atoms with Crippen LogP contribution in [-0.4, -0.2) is 37.1 Å². The second-order valence-electron chi connectivity index (χ2n) is 10.1. The van der Waals surface area contributed by atoms with Gasteiger partial charge < -0.3 is 14.4 Å². The van der Waals surface area contributed by atoms with Gasteiger partial charge in [-0.25, -0.2) is 0 Å². The minimum absolute atomic E-state index is 0.0870. The van der Waals surface area contributed by atoms with Crippen LogP contribution in [0.3, 0.4) is 0 Å². The van der Waals surface area contributed by atoms with Crippen molar-refractivity contribution in [2.75, 3.05) is 27.2 Å². The number of aromatic nitrogens is 1. The molecule has 0 saturated carbocycles. The van der Waals surface area contributed by atoms with Gasteiger partial charge in [-0.3, -0.25) is 4.98 Å². The number of halogens is 3. The molecule has 0 saturated heterocycles. The Labute approximate surface area is 224 Å². The van der Waals surface area contributed by atoms with E-state index >= 15 is 0 Å². The van der Waals surface area contributed by atoms with Crippen LogP contribution < -0.4 is 9.47 Å². The molecule has 0 unspecified atom stereocenters. The monoisotopic (exact) mass is 528 g/mol. The molecule has 1 aromatic heterocycles. The summed E-state index contributed by atoms with van der Waals surface area (Å²) < 4.78 is 55.2. The normalized spacial score (nSPS) is 11.9. The van der Waals surface area contributed by atoms with E-state index in [1.807, 2.05) is 76.2 Å². The Balaban J connectivity index is 2.22. The summed E-state index contributed by atoms with van der Waals surface area (Å²) in [5, 5.41) is 0. The molecule has 4 nitrogen and oxygen atoms in total. The molecule has 0 spiro atoms. The van der Waals surface area contributed by atoms with Crippen molar-refractivity contribution >= 4 is 0 Å². The Kier molecular flexibility index (Phi) is 9.82. The maximum atomic E-state index is 14.3. The topological polar surface area (TPSA) is 34.6 Å². The average molecular weight is 529 g/mol. The first-order valence-electron chi connectivity index (χ1n) is 13.2. The van der Waals surface area contributed by atoms with Gasteiger partial charge in [-0.2, -0.15) is 13.2 Å². The molecule has 2 aromatic carbocycles. The zero-order valence-electron chi connectivity index (χ0n) is 23.5. The molecule has 0 atom stereocenters. The maximum absolute atomic E-state index is 14.3. The van der Waals surface area contributed by atoms with Crippen LogP contribution in [0.25, 0.3) is 11.1 Å². The lowest BCUT2D eigenvalue weighted by molar-refractivity contribution is -0.142. The lowest BCUT2D eigenvalue weighted by Gasteiger charge is -2.23. The van der Waals surface area contributed by atoms with Gasteiger partial charge >= 0.3 is 6.18 Å². The molecule has 0 aliphatic heterocycles. The summed E-state index contributed by atoms with van der Waals surface area (Å²) in [4.78, 5) is 5.90. The van der Waals surface area contributed by atoms with Gasteiger partial charge in [0, 0.05) is 18.3 Å². The molecular weight excluding hydrogens is 489 g/mol. The number of pyridine rings is 1. The van der Waals surface area contributed by atoms with E-state index in [0.29, 0.717) is 17.9 Å². The summed E-state index contributed by atoms with van der Waals surface area (Å²) in [7, 11) is 3.79. The van der Waals surface area contributed by atoms with E-state index in [0.717, 1.165) is 40.7 Å². The molecule has 3 aromatic rings. The number of nitrogens with zero attached hydrogens (tertiary/aromatic N) is 2. The number of benzene rings is 2. The van der Waals surface area contributed by atoms with Gasteiger partial charge in [0.2, 0.25) is 0 Å². The van der Waals surface area contributed by atoms with Gasteiger partial charge in [-0.1, -0.05) is 58.0 Å². The van der Waals surface area contributed by atoms with E-state index in [9.17, 15) is 13.2 Å². The first-order valence-corrected chi connectivity index (χ1v) is 13.2. The molecular formula is C31H39F3N2O2. The zero-order chi connectivity index (χ0) is 28.0. The third-order valence-corrected chi connectivity index (χ3v) is 6.70. The Bertz CT molecular complexity index is 1210. The van der Waals surface area contributed by atoms with Crippen molar-refractivity contribution in [3.63, 3.8) is 0 Å². The molecule has 0 N–H and O–H groups in total. The van der Waals surface area contributed by atoms with Crippen molar-refractivity contribution in [3.8, 4) is 22.6 Å². The number of alkyl halides is 3. The Morgan fingerprint density at radius 3 is 2.18 bits per heavy atom. The third-order valence-electron chi connectivity index (χ3n) is 6.70. The molecule has 1 heterocycles. The van der Waals surface area contributed by atoms with E-state index in [1.54, 1.807) is 0 Å². The van der Waals surface area contributed by atoms with Crippen molar-refractivity contribution in [2.45, 2.75) is 66.2 Å². The fraction of sp³-hybridized carbons (Fsp3) is 0.452. The molecule has 0 aliphatic carbocycles. The molecule has 3 rings (SSSR count). The van der Waals surface area contributed by atoms with Gasteiger partial charge in [0.15, 0.2) is 5.69 Å². The summed E-state index contributed by atoms with van der Waals surface area (Å²) in [5.41, 5.74) is 4.37. The highest BCUT2D eigenvalue weighted by molar-refractivity contribution is 5.77. The van der Waals surface area contributed by atoms with E-state index in [-0.39, 0.29) is 30.4 Å². The van der Waals surface area contributed by atoms with E-state index in [1.165, 1.54) is 6.20 Å². The van der Waals surface area contributed by atoms with E-state index < -0.39 is 11.9 Å². The fourth-order valence-corrected chi connectivity index (χ4v) is 4.46. The van der Waals surface area contributed by atoms with Crippen molar-refractivity contribution in [1.29, 1.82) is 0 Å². The highest BCUT2D eigenvalue weighted by Gasteiger charge is 2.38. The van der Waals surface area contributed by atoms with E-state index in [2.05, 4.69) is 18.8 Å². The number of ether oxygens (including phenoxy) is 2. The van der Waals surface area contributed by atoms with Gasteiger partial charge in [0.1, 0.15) is 24.7 Å². The van der Waals surface area contributed by atoms with Crippen molar-refractivity contribution in [1.82, 2.24) is 9.88 Å². The van der Waals surface area contributed by atoms with Crippen molar-refractivity contribution in [3.05, 3.63) is 76.1 Å². The Hall–Kier alpha value is -3.06. The Morgan fingerprint density at radius 2 is 1.63 bits per heavy atom. The molecule has 7 heteroatoms. The maximum Gasteiger partial charge on any atom is 0.433 e. The average Bonchev–Trinajstić information content (AvgIpc) is 2.86. The minimum atomic E-state index is -4.66. The smallest absolute Gasteiger partial charge is 0.433 e. The summed E-state index contributed by atoms with van der Waals surface area (Å²) in [6.45, 7) is 10.6. The predicted molar refractivity (Wildman–Crippen MR) is 147 cm³/mol. The van der Waals surface area contributed by atoms with Gasteiger partial charge in [0.05, 0.1) is 5.56 Å². The number of likely N-dealkylation sites (N-methyl/N-ethyl adjacent to an activating group) is 1. The molecule has 0 bridgehead atoms. The number of hydrogen-bond acceptors (Lipinski definition) is 4. The number of rotatable bonds is 11. The quantitative estimate of drug-likeness (QED) is 0.254. The largest absolute Gasteiger partial charge is 0.491 e. The Morgan fingerprint density at radius 1 is 0.974 bits per heavy atom. The van der Waals surface area contributed by atoms with Crippen LogP contribution >= 0.6 is 0 Å². The predicted octanol–water partition coefficient (Wildman–Crippen LogP) is 7.84. The molecule has 0 aliphatic rings. The molecule has 38 heavy (non-hydrogen) atoms. The van der Waals surface area contributed by atoms with E-state index in [4.69, 9.17) is 9.47 Å². The third kappa shape index (κ3) is 6.87. The van der Waals surface area contributed by atoms with Gasteiger partial charge in [0.25, 0.3) is 0 Å². The lowest BCUT2D eigenvalue weighted by atomic mass is 9.91. The van der Waals surface area contributed by atoms with Crippen LogP contribution in [0.1, 0.15) is 67.1 Å². The number of hydrogen-bond donors (Lipinski definition) is 0. The summed E-state index contributed by atoms with van der Waals surface area (Å²) in [6.07, 6.45) is -1.89. The second kappa shape index (κ2) is 12.7. The second-order valence-corrected chi connectivity index (χ2v) is 10.1. The van der Waals surface area contributed by atoms with Crippen molar-refractivity contribution in [2.24, 2.45) is 0 Å². The van der Waals surface area contributed by atoms with Crippen LogP contribution in [0, 0.1) is 6.92 Å². The van der Waals surface area contributed by atoms with Crippen LogP contribution in [-0.2, 0) is 25.6 Å². The summed E-state index contributed by atoms with van der Waals surface area (Å²) in [5.74, 6) is 0.997. The highest BCUT2D eigenvalue weighted by atomic mass is 19.4. The fourth-order valence-electron chi connectivity index (χ4n) is 4.46. The summed E-state index contributed by atoms with van der Waals surface area (Å²) >= 11 is 0. The van der Waals surface area contributed by atoms with Crippen molar-refractivity contribution < 1.29 is 22.6 Å². The first kappa shape index (κ1) is 29.5. The minimum Gasteiger partial charge on any atom is -0.491 e. The lowest BCUT2D eigenvalue weighted by Crippen LogP contribution is -2.21. The van der Waals surface area contributed by atoms with Crippen LogP contribution in [0.4, 0.5) is 13.2 Å². The van der Waals surface area contributed by atoms with Crippen LogP contribution in [0.15, 0.2) is 42.6 Å². The van der Waals surface area contributed by atoms with Gasteiger partial charge in [-0.05, 0) is 73.7 Å². The summed E-state index contributed by atoms with van der Waals surface area (Å²) in [6, 6.07) is 11.8. The molecule has 0 fully saturated rings. The first-order chi connectivity index (χ1) is 18.0. The van der Waals surface area contributed by atoms with Crippen LogP contribution in [0.5, 0.6) is 11.5 Å². The van der Waals surface area contributed by atoms with Crippen LogP contribution in [0.2, 0.25) is 0 Å². The molecule has 206 valence electrons. The standard InChI is InChI=1S/C31H39F3N2O2/c1-8-22-11-10-12-23(9-2)28(22)25-18-35-30(31(32,33)34)26(29(25)37-16-15-36(6)7)19-38-27-17-24(20(3)4)14-13-21(27)5/h10-14,17-18,20H,8-9,15-16,19H2,1-7H3. The molecule has 0 amide bonds. The SMILES string of the molecule is CCc1cccc(CC)c1-c1cnc(C(F)(F)F)c(COc2cc(C(C)C)ccc2C)c1OCCN(C)C.